The van der Waals surface area contributed by atoms with Crippen LogP contribution in [0.1, 0.15) is 35.1 Å². The van der Waals surface area contributed by atoms with Crippen molar-refractivity contribution >= 4 is 11.6 Å². The molecule has 0 radical (unpaired) electrons. The molecule has 0 atom stereocenters. The van der Waals surface area contributed by atoms with Crippen molar-refractivity contribution in [3.63, 3.8) is 0 Å². The Hall–Kier alpha value is -2.70. The molecule has 112 valence electrons. The molecule has 3 aromatic rings. The van der Waals surface area contributed by atoms with Crippen LogP contribution in [0.15, 0.2) is 36.9 Å². The van der Waals surface area contributed by atoms with Gasteiger partial charge in [0.2, 0.25) is 5.95 Å². The lowest BCUT2D eigenvalue weighted by Crippen LogP contribution is -2.25. The van der Waals surface area contributed by atoms with E-state index >= 15 is 0 Å². The Morgan fingerprint density at radius 3 is 3.05 bits per heavy atom. The average Bonchev–Trinajstić information content (AvgIpc) is 3.18. The Morgan fingerprint density at radius 1 is 1.41 bits per heavy atom. The molecular weight excluding hydrogens is 285 g/mol. The molecule has 22 heavy (non-hydrogen) atoms. The van der Waals surface area contributed by atoms with Gasteiger partial charge in [0.05, 0.1) is 18.6 Å². The number of carbonyl (C=O) groups excluding carboxylic acids is 1. The molecule has 0 bridgehead atoms. The maximum atomic E-state index is 14.2. The van der Waals surface area contributed by atoms with E-state index in [2.05, 4.69) is 19.9 Å². The van der Waals surface area contributed by atoms with Gasteiger partial charge in [-0.05, 0) is 25.0 Å². The van der Waals surface area contributed by atoms with Crippen molar-refractivity contribution in [2.45, 2.75) is 25.4 Å². The molecule has 4 rings (SSSR count). The molecular formula is C15H14FN5O. The first-order valence-corrected chi connectivity index (χ1v) is 7.15. The molecule has 7 heteroatoms. The number of fused-ring (bicyclic) bond motifs is 1. The second kappa shape index (κ2) is 4.94. The van der Waals surface area contributed by atoms with Crippen LogP contribution in [0.3, 0.4) is 0 Å². The van der Waals surface area contributed by atoms with E-state index in [1.807, 2.05) is 0 Å². The second-order valence-electron chi connectivity index (χ2n) is 5.39. The van der Waals surface area contributed by atoms with Crippen molar-refractivity contribution in [2.75, 3.05) is 0 Å². The molecule has 0 aromatic carbocycles. The van der Waals surface area contributed by atoms with Gasteiger partial charge in [0.25, 0.3) is 5.91 Å². The van der Waals surface area contributed by atoms with Crippen LogP contribution < -0.4 is 5.32 Å². The Balaban J connectivity index is 1.53. The number of carbonyl (C=O) groups is 1. The monoisotopic (exact) mass is 299 g/mol. The molecule has 1 aliphatic carbocycles. The van der Waals surface area contributed by atoms with Crippen molar-refractivity contribution in [2.24, 2.45) is 0 Å². The summed E-state index contributed by atoms with van der Waals surface area (Å²) in [4.78, 5) is 20.3. The van der Waals surface area contributed by atoms with Crippen molar-refractivity contribution in [3.8, 4) is 0 Å². The molecule has 0 saturated heterocycles. The molecule has 0 spiro atoms. The average molecular weight is 299 g/mol. The summed E-state index contributed by atoms with van der Waals surface area (Å²) < 4.78 is 17.5. The molecule has 0 unspecified atom stereocenters. The Kier molecular flexibility index (Phi) is 2.92. The van der Waals surface area contributed by atoms with Gasteiger partial charge >= 0.3 is 0 Å². The molecule has 0 aliphatic heterocycles. The van der Waals surface area contributed by atoms with Crippen molar-refractivity contribution in [1.82, 2.24) is 24.3 Å². The van der Waals surface area contributed by atoms with Gasteiger partial charge in [-0.15, -0.1) is 0 Å². The van der Waals surface area contributed by atoms with E-state index in [1.165, 1.54) is 10.6 Å². The minimum Gasteiger partial charge on any atom is -0.345 e. The predicted molar refractivity (Wildman–Crippen MR) is 76.8 cm³/mol. The first kappa shape index (κ1) is 13.0. The number of hydrogen-bond acceptors (Lipinski definition) is 3. The van der Waals surface area contributed by atoms with Gasteiger partial charge in [0.1, 0.15) is 5.65 Å². The molecule has 1 amide bonds. The number of halogens is 1. The highest BCUT2D eigenvalue weighted by atomic mass is 19.1. The normalized spacial score (nSPS) is 14.4. The van der Waals surface area contributed by atoms with Gasteiger partial charge in [0.15, 0.2) is 5.69 Å². The largest absolute Gasteiger partial charge is 0.345 e. The summed E-state index contributed by atoms with van der Waals surface area (Å²) >= 11 is 0. The fourth-order valence-corrected chi connectivity index (χ4v) is 2.52. The Morgan fingerprint density at radius 2 is 2.27 bits per heavy atom. The summed E-state index contributed by atoms with van der Waals surface area (Å²) in [6.45, 7) is 0.308. The number of rotatable bonds is 4. The molecule has 1 N–H and O–H groups in total. The smallest absolute Gasteiger partial charge is 0.275 e. The van der Waals surface area contributed by atoms with Crippen LogP contribution >= 0.6 is 0 Å². The van der Waals surface area contributed by atoms with Gasteiger partial charge in [-0.2, -0.15) is 4.39 Å². The van der Waals surface area contributed by atoms with Crippen molar-refractivity contribution in [3.05, 3.63) is 54.3 Å². The highest BCUT2D eigenvalue weighted by Crippen LogP contribution is 2.35. The summed E-state index contributed by atoms with van der Waals surface area (Å²) in [7, 11) is 0. The summed E-state index contributed by atoms with van der Waals surface area (Å²) in [5, 5.41) is 2.71. The molecule has 1 saturated carbocycles. The summed E-state index contributed by atoms with van der Waals surface area (Å²) in [6.07, 6.45) is 7.30. The Bertz CT molecular complexity index is 849. The summed E-state index contributed by atoms with van der Waals surface area (Å²) in [5.41, 5.74) is 1.14. The van der Waals surface area contributed by atoms with Crippen LogP contribution in [0.4, 0.5) is 4.39 Å². The summed E-state index contributed by atoms with van der Waals surface area (Å²) in [6, 6.07) is 5.58. The predicted octanol–water partition coefficient (Wildman–Crippen LogP) is 1.93. The topological polar surface area (TPSA) is 64.2 Å². The minimum absolute atomic E-state index is 0.191. The maximum absolute atomic E-state index is 14.2. The number of nitrogens with one attached hydrogen (secondary N) is 1. The van der Waals surface area contributed by atoms with Crippen molar-refractivity contribution in [1.29, 1.82) is 0 Å². The lowest BCUT2D eigenvalue weighted by atomic mass is 10.4. The quantitative estimate of drug-likeness (QED) is 0.800. The first-order chi connectivity index (χ1) is 10.7. The van der Waals surface area contributed by atoms with E-state index in [4.69, 9.17) is 0 Å². The van der Waals surface area contributed by atoms with Gasteiger partial charge in [0, 0.05) is 18.4 Å². The number of hydrogen-bond donors (Lipinski definition) is 1. The SMILES string of the molecule is O=C(NCc1cncn1C1CC1)c1nc2ccccn2c1F. The first-order valence-electron chi connectivity index (χ1n) is 7.15. The number of nitrogens with zero attached hydrogens (tertiary/aromatic N) is 4. The van der Waals surface area contributed by atoms with E-state index in [-0.39, 0.29) is 5.69 Å². The lowest BCUT2D eigenvalue weighted by Gasteiger charge is -2.07. The van der Waals surface area contributed by atoms with Gasteiger partial charge < -0.3 is 9.88 Å². The third-order valence-corrected chi connectivity index (χ3v) is 3.80. The number of imidazole rings is 2. The molecule has 1 fully saturated rings. The zero-order valence-corrected chi connectivity index (χ0v) is 11.7. The van der Waals surface area contributed by atoms with Crippen LogP contribution in [-0.4, -0.2) is 24.8 Å². The van der Waals surface area contributed by atoms with Crippen LogP contribution in [0.25, 0.3) is 5.65 Å². The summed E-state index contributed by atoms with van der Waals surface area (Å²) in [5.74, 6) is -1.17. The van der Waals surface area contributed by atoms with Gasteiger partial charge in [-0.25, -0.2) is 9.97 Å². The van der Waals surface area contributed by atoms with Crippen LogP contribution in [0.2, 0.25) is 0 Å². The Labute approximate surface area is 125 Å². The molecule has 3 aromatic heterocycles. The van der Waals surface area contributed by atoms with E-state index < -0.39 is 11.9 Å². The van der Waals surface area contributed by atoms with Crippen molar-refractivity contribution < 1.29 is 9.18 Å². The number of pyridine rings is 1. The van der Waals surface area contributed by atoms with Crippen LogP contribution in [0, 0.1) is 5.95 Å². The van der Waals surface area contributed by atoms with Gasteiger partial charge in [-0.3, -0.25) is 9.20 Å². The number of amides is 1. The third kappa shape index (κ3) is 2.14. The fourth-order valence-electron chi connectivity index (χ4n) is 2.52. The fraction of sp³-hybridized carbons (Fsp3) is 0.267. The van der Waals surface area contributed by atoms with E-state index in [0.29, 0.717) is 18.2 Å². The highest BCUT2D eigenvalue weighted by Gasteiger charge is 2.25. The van der Waals surface area contributed by atoms with Gasteiger partial charge in [-0.1, -0.05) is 6.07 Å². The number of aromatic nitrogens is 4. The van der Waals surface area contributed by atoms with E-state index in [0.717, 1.165) is 18.5 Å². The van der Waals surface area contributed by atoms with Crippen LogP contribution in [-0.2, 0) is 6.54 Å². The van der Waals surface area contributed by atoms with Crippen LogP contribution in [0.5, 0.6) is 0 Å². The zero-order valence-electron chi connectivity index (χ0n) is 11.7. The lowest BCUT2D eigenvalue weighted by molar-refractivity contribution is 0.0941. The standard InChI is InChI=1S/C15H14FN5O/c16-14-13(19-12-3-1-2-6-20(12)14)15(22)18-8-11-7-17-9-21(11)10-4-5-10/h1-3,6-7,9-10H,4-5,8H2,(H,18,22). The second-order valence-corrected chi connectivity index (χ2v) is 5.39. The highest BCUT2D eigenvalue weighted by molar-refractivity contribution is 5.93. The molecule has 3 heterocycles. The molecule has 1 aliphatic rings. The third-order valence-electron chi connectivity index (χ3n) is 3.80. The van der Waals surface area contributed by atoms with E-state index in [1.54, 1.807) is 30.7 Å². The molecule has 6 nitrogen and oxygen atoms in total. The van der Waals surface area contributed by atoms with E-state index in [9.17, 15) is 9.18 Å². The zero-order chi connectivity index (χ0) is 15.1. The maximum Gasteiger partial charge on any atom is 0.275 e. The minimum atomic E-state index is -0.649.